The second-order valence-corrected chi connectivity index (χ2v) is 7.08. The quantitative estimate of drug-likeness (QED) is 0.373. The van der Waals surface area contributed by atoms with Gasteiger partial charge < -0.3 is 25.0 Å². The van der Waals surface area contributed by atoms with Gasteiger partial charge in [0.15, 0.2) is 5.96 Å². The molecule has 0 saturated carbocycles. The highest BCUT2D eigenvalue weighted by molar-refractivity contribution is 5.79. The number of hydrogen-bond acceptors (Lipinski definition) is 4. The molecule has 1 aliphatic rings. The minimum Gasteiger partial charge on any atom is -0.491 e. The largest absolute Gasteiger partial charge is 0.491 e. The Hall–Kier alpha value is -1.79. The molecule has 1 aliphatic heterocycles. The lowest BCUT2D eigenvalue weighted by Crippen LogP contribution is -2.40. The summed E-state index contributed by atoms with van der Waals surface area (Å²) in [6.07, 6.45) is 1.26. The first-order chi connectivity index (χ1) is 13.2. The van der Waals surface area contributed by atoms with Crippen molar-refractivity contribution < 1.29 is 9.47 Å². The van der Waals surface area contributed by atoms with Crippen LogP contribution in [0.5, 0.6) is 5.75 Å². The van der Waals surface area contributed by atoms with Crippen molar-refractivity contribution in [3.63, 3.8) is 0 Å². The molecule has 1 unspecified atom stereocenters. The van der Waals surface area contributed by atoms with Gasteiger partial charge in [-0.05, 0) is 50.9 Å². The van der Waals surface area contributed by atoms with E-state index < -0.39 is 0 Å². The van der Waals surface area contributed by atoms with Gasteiger partial charge in [0.1, 0.15) is 12.4 Å². The first kappa shape index (κ1) is 21.5. The molecule has 0 spiro atoms. The molecule has 6 nitrogen and oxygen atoms in total. The lowest BCUT2D eigenvalue weighted by molar-refractivity contribution is 0.145. The van der Waals surface area contributed by atoms with Crippen LogP contribution in [0.4, 0.5) is 0 Å². The van der Waals surface area contributed by atoms with Crippen molar-refractivity contribution in [2.75, 3.05) is 53.0 Å². The maximum Gasteiger partial charge on any atom is 0.191 e. The zero-order chi connectivity index (χ0) is 19.5. The summed E-state index contributed by atoms with van der Waals surface area (Å²) in [6, 6.07) is 6.27. The normalized spacial score (nSPS) is 17.9. The molecule has 2 rings (SSSR count). The minimum atomic E-state index is 0.546. The maximum absolute atomic E-state index is 5.88. The van der Waals surface area contributed by atoms with Crippen molar-refractivity contribution in [2.45, 2.75) is 33.7 Å². The summed E-state index contributed by atoms with van der Waals surface area (Å²) in [5.74, 6) is 2.46. The molecule has 0 aliphatic carbocycles. The second-order valence-electron chi connectivity index (χ2n) is 7.08. The number of likely N-dealkylation sites (tertiary alicyclic amines) is 1. The van der Waals surface area contributed by atoms with Gasteiger partial charge in [-0.25, -0.2) is 4.99 Å². The standard InChI is InChI=1S/C21H36N4O2/c1-5-22-21(23-14-18-9-10-25(6-2)16-18)24-15-19-8-7-17(3)13-20(19)27-12-11-26-4/h7-8,13,18H,5-6,9-12,14-16H2,1-4H3,(H2,22,23,24). The maximum atomic E-state index is 5.88. The Morgan fingerprint density at radius 2 is 2.11 bits per heavy atom. The number of methoxy groups -OCH3 is 1. The summed E-state index contributed by atoms with van der Waals surface area (Å²) in [5, 5.41) is 6.86. The van der Waals surface area contributed by atoms with Gasteiger partial charge in [-0.1, -0.05) is 19.1 Å². The molecule has 1 saturated heterocycles. The number of benzene rings is 1. The number of nitrogens with zero attached hydrogens (tertiary/aromatic N) is 2. The fourth-order valence-corrected chi connectivity index (χ4v) is 3.28. The Bertz CT molecular complexity index is 592. The van der Waals surface area contributed by atoms with Crippen LogP contribution in [0.2, 0.25) is 0 Å². The van der Waals surface area contributed by atoms with Crippen molar-refractivity contribution in [1.82, 2.24) is 15.5 Å². The van der Waals surface area contributed by atoms with E-state index in [1.165, 1.54) is 25.1 Å². The molecule has 2 N–H and O–H groups in total. The summed E-state index contributed by atoms with van der Waals surface area (Å²) in [5.41, 5.74) is 2.27. The van der Waals surface area contributed by atoms with Gasteiger partial charge >= 0.3 is 0 Å². The van der Waals surface area contributed by atoms with Crippen LogP contribution in [0.1, 0.15) is 31.4 Å². The van der Waals surface area contributed by atoms with Crippen LogP contribution < -0.4 is 15.4 Å². The number of aryl methyl sites for hydroxylation is 1. The average molecular weight is 377 g/mol. The third kappa shape index (κ3) is 7.39. The van der Waals surface area contributed by atoms with Crippen molar-refractivity contribution in [3.05, 3.63) is 29.3 Å². The third-order valence-electron chi connectivity index (χ3n) is 4.89. The molecule has 6 heteroatoms. The van der Waals surface area contributed by atoms with Crippen molar-refractivity contribution in [2.24, 2.45) is 10.9 Å². The Labute approximate surface area is 164 Å². The second kappa shape index (κ2) is 11.8. The van der Waals surface area contributed by atoms with Crippen molar-refractivity contribution in [1.29, 1.82) is 0 Å². The average Bonchev–Trinajstić information content (AvgIpc) is 3.13. The number of guanidine groups is 1. The Kier molecular flexibility index (Phi) is 9.42. The summed E-state index contributed by atoms with van der Waals surface area (Å²) in [4.78, 5) is 7.28. The van der Waals surface area contributed by atoms with Crippen molar-refractivity contribution in [3.8, 4) is 5.75 Å². The highest BCUT2D eigenvalue weighted by Gasteiger charge is 2.21. The van der Waals surface area contributed by atoms with Crippen LogP contribution in [-0.4, -0.2) is 63.9 Å². The molecule has 1 heterocycles. The summed E-state index contributed by atoms with van der Waals surface area (Å²) in [7, 11) is 1.68. The SMILES string of the molecule is CCNC(=NCc1ccc(C)cc1OCCOC)NCC1CCN(CC)C1. The van der Waals surface area contributed by atoms with E-state index in [1.54, 1.807) is 7.11 Å². The predicted octanol–water partition coefficient (Wildman–Crippen LogP) is 2.42. The number of nitrogens with one attached hydrogen (secondary N) is 2. The van der Waals surface area contributed by atoms with Gasteiger partial charge in [0.25, 0.3) is 0 Å². The zero-order valence-electron chi connectivity index (χ0n) is 17.4. The van der Waals surface area contributed by atoms with Crippen LogP contribution in [0.3, 0.4) is 0 Å². The number of rotatable bonds is 10. The molecule has 1 fully saturated rings. The van der Waals surface area contributed by atoms with Gasteiger partial charge in [-0.15, -0.1) is 0 Å². The van der Waals surface area contributed by atoms with Crippen LogP contribution >= 0.6 is 0 Å². The molecular formula is C21H36N4O2. The van der Waals surface area contributed by atoms with Crippen LogP contribution in [-0.2, 0) is 11.3 Å². The predicted molar refractivity (Wildman–Crippen MR) is 112 cm³/mol. The van der Waals surface area contributed by atoms with Gasteiger partial charge in [0.05, 0.1) is 13.2 Å². The van der Waals surface area contributed by atoms with E-state index in [2.05, 4.69) is 54.5 Å². The van der Waals surface area contributed by atoms with E-state index in [9.17, 15) is 0 Å². The van der Waals surface area contributed by atoms with E-state index in [0.29, 0.717) is 25.7 Å². The molecule has 152 valence electrons. The monoisotopic (exact) mass is 376 g/mol. The number of hydrogen-bond donors (Lipinski definition) is 2. The third-order valence-corrected chi connectivity index (χ3v) is 4.89. The van der Waals surface area contributed by atoms with Gasteiger partial charge in [0, 0.05) is 32.3 Å². The van der Waals surface area contributed by atoms with E-state index in [-0.39, 0.29) is 0 Å². The molecule has 0 aromatic heterocycles. The van der Waals surface area contributed by atoms with E-state index >= 15 is 0 Å². The first-order valence-electron chi connectivity index (χ1n) is 10.1. The Balaban J connectivity index is 1.95. The summed E-state index contributed by atoms with van der Waals surface area (Å²) in [6.45, 7) is 13.5. The number of aliphatic imine (C=N–C) groups is 1. The summed E-state index contributed by atoms with van der Waals surface area (Å²) < 4.78 is 11.0. The van der Waals surface area contributed by atoms with Gasteiger partial charge in [0.2, 0.25) is 0 Å². The fourth-order valence-electron chi connectivity index (χ4n) is 3.28. The fraction of sp³-hybridized carbons (Fsp3) is 0.667. The van der Waals surface area contributed by atoms with Gasteiger partial charge in [-0.3, -0.25) is 0 Å². The van der Waals surface area contributed by atoms with E-state index in [4.69, 9.17) is 14.5 Å². The zero-order valence-corrected chi connectivity index (χ0v) is 17.4. The Morgan fingerprint density at radius 3 is 2.81 bits per heavy atom. The summed E-state index contributed by atoms with van der Waals surface area (Å²) >= 11 is 0. The Morgan fingerprint density at radius 1 is 1.26 bits per heavy atom. The number of ether oxygens (including phenoxy) is 2. The van der Waals surface area contributed by atoms with Crippen LogP contribution in [0.15, 0.2) is 23.2 Å². The molecular weight excluding hydrogens is 340 g/mol. The first-order valence-corrected chi connectivity index (χ1v) is 10.1. The molecule has 1 aromatic rings. The minimum absolute atomic E-state index is 0.546. The molecule has 0 amide bonds. The van der Waals surface area contributed by atoms with Crippen LogP contribution in [0, 0.1) is 12.8 Å². The lowest BCUT2D eigenvalue weighted by Gasteiger charge is -2.16. The molecule has 27 heavy (non-hydrogen) atoms. The van der Waals surface area contributed by atoms with E-state index in [0.717, 1.165) is 36.9 Å². The molecule has 1 atom stereocenters. The smallest absolute Gasteiger partial charge is 0.191 e. The highest BCUT2D eigenvalue weighted by Crippen LogP contribution is 2.21. The topological polar surface area (TPSA) is 58.1 Å². The lowest BCUT2D eigenvalue weighted by atomic mass is 10.1. The highest BCUT2D eigenvalue weighted by atomic mass is 16.5. The van der Waals surface area contributed by atoms with Crippen LogP contribution in [0.25, 0.3) is 0 Å². The van der Waals surface area contributed by atoms with Crippen molar-refractivity contribution >= 4 is 5.96 Å². The van der Waals surface area contributed by atoms with Gasteiger partial charge in [-0.2, -0.15) is 0 Å². The van der Waals surface area contributed by atoms with E-state index in [1.807, 2.05) is 0 Å². The molecule has 0 bridgehead atoms. The molecule has 1 aromatic carbocycles. The molecule has 0 radical (unpaired) electrons.